The molecular formula is C18H32ClN3O7. The Bertz CT molecular complexity index is 576. The largest absolute Gasteiger partial charge is 0.463 e. The third-order valence-electron chi connectivity index (χ3n) is 5.79. The number of carbonyl (C=O) groups excluding carboxylic acids is 1. The Labute approximate surface area is 175 Å². The molecule has 0 aromatic carbocycles. The van der Waals surface area contributed by atoms with Gasteiger partial charge in [-0.05, 0) is 23.3 Å². The van der Waals surface area contributed by atoms with Crippen LogP contribution >= 0.6 is 11.6 Å². The van der Waals surface area contributed by atoms with Crippen LogP contribution in [0.25, 0.3) is 10.4 Å². The van der Waals surface area contributed by atoms with E-state index < -0.39 is 37.1 Å². The molecule has 0 saturated carbocycles. The van der Waals surface area contributed by atoms with Crippen LogP contribution in [-0.2, 0) is 19.0 Å². The molecule has 2 heterocycles. The molecule has 0 spiro atoms. The lowest BCUT2D eigenvalue weighted by molar-refractivity contribution is -0.203. The Hall–Kier alpha value is -1.13. The van der Waals surface area contributed by atoms with Gasteiger partial charge in [-0.15, -0.1) is 0 Å². The molecular weight excluding hydrogens is 406 g/mol. The van der Waals surface area contributed by atoms with Gasteiger partial charge in [-0.3, -0.25) is 4.79 Å². The van der Waals surface area contributed by atoms with E-state index >= 15 is 0 Å². The number of aliphatic hydroxyl groups excluding tert-OH is 3. The summed E-state index contributed by atoms with van der Waals surface area (Å²) in [6, 6.07) is 0. The van der Waals surface area contributed by atoms with Gasteiger partial charge in [0.2, 0.25) is 0 Å². The Morgan fingerprint density at radius 2 is 1.69 bits per heavy atom. The molecule has 29 heavy (non-hydrogen) atoms. The van der Waals surface area contributed by atoms with E-state index in [-0.39, 0.29) is 17.6 Å². The van der Waals surface area contributed by atoms with Crippen molar-refractivity contribution in [1.29, 1.82) is 0 Å². The summed E-state index contributed by atoms with van der Waals surface area (Å²) < 4.78 is 15.7. The Balaban J connectivity index is 0.000000291. The summed E-state index contributed by atoms with van der Waals surface area (Å²) in [6.45, 7) is 9.23. The first-order chi connectivity index (χ1) is 13.5. The van der Waals surface area contributed by atoms with E-state index in [2.05, 4.69) is 30.8 Å². The summed E-state index contributed by atoms with van der Waals surface area (Å²) in [4.78, 5) is 13.3. The van der Waals surface area contributed by atoms with E-state index in [0.717, 1.165) is 0 Å². The molecule has 11 heteroatoms. The Kier molecular flexibility index (Phi) is 10.6. The summed E-state index contributed by atoms with van der Waals surface area (Å²) in [5.41, 5.74) is 7.94. The molecule has 0 aliphatic carbocycles. The molecule has 10 atom stereocenters. The molecule has 2 saturated heterocycles. The van der Waals surface area contributed by atoms with Crippen LogP contribution in [0.3, 0.4) is 0 Å². The molecule has 168 valence electrons. The number of nitrogens with zero attached hydrogens (tertiary/aromatic N) is 3. The number of azide groups is 1. The fourth-order valence-corrected chi connectivity index (χ4v) is 3.64. The predicted octanol–water partition coefficient (Wildman–Crippen LogP) is 1.79. The second-order valence-electron chi connectivity index (χ2n) is 7.70. The maximum Gasteiger partial charge on any atom is 0.302 e. The van der Waals surface area contributed by atoms with Gasteiger partial charge in [0.05, 0.1) is 18.8 Å². The highest BCUT2D eigenvalue weighted by Crippen LogP contribution is 2.36. The highest BCUT2D eigenvalue weighted by atomic mass is 35.5. The van der Waals surface area contributed by atoms with Crippen molar-refractivity contribution in [3.63, 3.8) is 0 Å². The van der Waals surface area contributed by atoms with E-state index in [4.69, 9.17) is 36.4 Å². The van der Waals surface area contributed by atoms with Crippen molar-refractivity contribution >= 4 is 17.6 Å². The zero-order valence-corrected chi connectivity index (χ0v) is 18.1. The first-order valence-electron chi connectivity index (χ1n) is 9.64. The molecule has 0 aromatic heterocycles. The number of halogens is 1. The van der Waals surface area contributed by atoms with Gasteiger partial charge in [-0.1, -0.05) is 44.4 Å². The van der Waals surface area contributed by atoms with Crippen molar-refractivity contribution in [3.05, 3.63) is 10.4 Å². The Morgan fingerprint density at radius 3 is 2.21 bits per heavy atom. The molecule has 10 nitrogen and oxygen atoms in total. The van der Waals surface area contributed by atoms with Gasteiger partial charge < -0.3 is 29.5 Å². The number of aliphatic hydroxyl groups is 3. The van der Waals surface area contributed by atoms with Gasteiger partial charge in [-0.25, -0.2) is 0 Å². The number of alkyl halides is 1. The van der Waals surface area contributed by atoms with Gasteiger partial charge in [0, 0.05) is 17.8 Å². The number of ether oxygens (including phenoxy) is 3. The van der Waals surface area contributed by atoms with Gasteiger partial charge in [-0.2, -0.15) is 0 Å². The second-order valence-corrected chi connectivity index (χ2v) is 8.13. The van der Waals surface area contributed by atoms with Crippen LogP contribution in [0.15, 0.2) is 5.11 Å². The average molecular weight is 438 g/mol. The van der Waals surface area contributed by atoms with E-state index in [0.29, 0.717) is 24.4 Å². The molecule has 2 rings (SSSR count). The fourth-order valence-electron chi connectivity index (χ4n) is 3.28. The minimum Gasteiger partial charge on any atom is -0.463 e. The molecule has 4 unspecified atom stereocenters. The van der Waals surface area contributed by atoms with E-state index in [1.54, 1.807) is 6.92 Å². The van der Waals surface area contributed by atoms with E-state index in [1.165, 1.54) is 6.92 Å². The van der Waals surface area contributed by atoms with E-state index in [9.17, 15) is 15.0 Å². The molecule has 2 aliphatic heterocycles. The van der Waals surface area contributed by atoms with Crippen molar-refractivity contribution in [2.24, 2.45) is 28.8 Å². The van der Waals surface area contributed by atoms with Gasteiger partial charge in [0.1, 0.15) is 30.6 Å². The number of hydrogen-bond acceptors (Lipinski definition) is 8. The Morgan fingerprint density at radius 1 is 1.07 bits per heavy atom. The summed E-state index contributed by atoms with van der Waals surface area (Å²) in [6.07, 6.45) is -4.05. The van der Waals surface area contributed by atoms with Crippen molar-refractivity contribution in [3.8, 4) is 0 Å². The van der Waals surface area contributed by atoms with Crippen molar-refractivity contribution in [1.82, 2.24) is 0 Å². The third-order valence-corrected chi connectivity index (χ3v) is 6.29. The number of carbonyl (C=O) groups is 1. The van der Waals surface area contributed by atoms with Crippen LogP contribution in [0, 0.1) is 23.7 Å². The van der Waals surface area contributed by atoms with Gasteiger partial charge >= 0.3 is 5.97 Å². The summed E-state index contributed by atoms with van der Waals surface area (Å²) in [7, 11) is 0. The van der Waals surface area contributed by atoms with Crippen molar-refractivity contribution in [2.75, 3.05) is 13.2 Å². The van der Waals surface area contributed by atoms with Crippen LogP contribution in [0.5, 0.6) is 0 Å². The lowest BCUT2D eigenvalue weighted by atomic mass is 9.80. The normalized spacial score (nSPS) is 42.1. The minimum absolute atomic E-state index is 0.0809. The first kappa shape index (κ1) is 25.9. The van der Waals surface area contributed by atoms with Gasteiger partial charge in [0.15, 0.2) is 0 Å². The molecule has 0 bridgehead atoms. The first-order valence-corrected chi connectivity index (χ1v) is 10.1. The number of hydrogen-bond donors (Lipinski definition) is 3. The SMILES string of the molecule is CC(=O)OCC1O[C@H](Cl)C(C)[C@@H](C)[C@@H]1C.CC1[C@H](N=[N+]=[N-])OC(CO)[C@@H](O)[C@@H]1O. The lowest BCUT2D eigenvalue weighted by Crippen LogP contribution is -2.54. The van der Waals surface area contributed by atoms with Crippen LogP contribution in [0.4, 0.5) is 0 Å². The monoisotopic (exact) mass is 437 g/mol. The minimum atomic E-state index is -1.15. The van der Waals surface area contributed by atoms with E-state index in [1.807, 2.05) is 0 Å². The zero-order valence-electron chi connectivity index (χ0n) is 17.4. The summed E-state index contributed by atoms with van der Waals surface area (Å²) in [5.74, 6) is 0.387. The van der Waals surface area contributed by atoms with Gasteiger partial charge in [0.25, 0.3) is 0 Å². The average Bonchev–Trinajstić information content (AvgIpc) is 2.69. The molecule has 0 aromatic rings. The van der Waals surface area contributed by atoms with Crippen LogP contribution in [0.1, 0.15) is 34.6 Å². The topological polar surface area (TPSA) is 154 Å². The molecule has 3 N–H and O–H groups in total. The van der Waals surface area contributed by atoms with Crippen LogP contribution < -0.4 is 0 Å². The smallest absolute Gasteiger partial charge is 0.302 e. The zero-order chi connectivity index (χ0) is 22.3. The maximum absolute atomic E-state index is 10.7. The summed E-state index contributed by atoms with van der Waals surface area (Å²) in [5, 5.41) is 31.1. The molecule has 2 fully saturated rings. The molecule has 2 aliphatic rings. The fraction of sp³-hybridized carbons (Fsp3) is 0.944. The summed E-state index contributed by atoms with van der Waals surface area (Å²) >= 11 is 6.07. The standard InChI is InChI=1S/C11H19ClO3.C7H13N3O4/c1-6-7(2)10(5-14-9(4)13)15-11(12)8(6)3;1-3-5(12)6(13)4(2-11)14-7(3)9-10-8/h6-8,10-11H,5H2,1-4H3;3-7,11-13H,2H2,1H3/t6-,7-,8?,10?,11-;3?,4?,5-,6-,7-/m01/s1. The molecule has 0 radical (unpaired) electrons. The highest BCUT2D eigenvalue weighted by molar-refractivity contribution is 6.19. The highest BCUT2D eigenvalue weighted by Gasteiger charge is 2.41. The lowest BCUT2D eigenvalue weighted by Gasteiger charge is -2.41. The second kappa shape index (κ2) is 11.9. The van der Waals surface area contributed by atoms with Crippen LogP contribution in [-0.4, -0.2) is 70.7 Å². The number of rotatable bonds is 4. The van der Waals surface area contributed by atoms with Crippen LogP contribution in [0.2, 0.25) is 0 Å². The van der Waals surface area contributed by atoms with Crippen molar-refractivity contribution in [2.45, 2.75) is 70.8 Å². The third kappa shape index (κ3) is 6.96. The number of esters is 1. The maximum atomic E-state index is 10.7. The quantitative estimate of drug-likeness (QED) is 0.199. The van der Waals surface area contributed by atoms with Crippen molar-refractivity contribution < 1.29 is 34.3 Å². The molecule has 0 amide bonds. The predicted molar refractivity (Wildman–Crippen MR) is 105 cm³/mol.